The standard InChI is InChI=1S/C13H14N4S/c1-2-8-3-4-9-10(5-8)17-13(16-9)11-7-18-12(6-14)15-11/h3-5,7H,2,6,14H2,1H3,(H,16,17). The summed E-state index contributed by atoms with van der Waals surface area (Å²) in [6, 6.07) is 6.30. The van der Waals surface area contributed by atoms with E-state index in [1.54, 1.807) is 11.3 Å². The molecule has 0 aliphatic heterocycles. The van der Waals surface area contributed by atoms with Crippen LogP contribution in [0.25, 0.3) is 22.6 Å². The van der Waals surface area contributed by atoms with Crippen LogP contribution in [0, 0.1) is 0 Å². The van der Waals surface area contributed by atoms with Crippen LogP contribution in [0.5, 0.6) is 0 Å². The number of H-pyrrole nitrogens is 1. The fourth-order valence-electron chi connectivity index (χ4n) is 1.91. The van der Waals surface area contributed by atoms with Gasteiger partial charge in [0, 0.05) is 11.9 Å². The maximum Gasteiger partial charge on any atom is 0.158 e. The molecule has 2 aromatic heterocycles. The third-order valence-electron chi connectivity index (χ3n) is 2.92. The maximum atomic E-state index is 5.57. The molecule has 5 heteroatoms. The Kier molecular flexibility index (Phi) is 2.85. The van der Waals surface area contributed by atoms with E-state index in [-0.39, 0.29) is 0 Å². The van der Waals surface area contributed by atoms with Gasteiger partial charge in [-0.3, -0.25) is 0 Å². The molecule has 0 aliphatic carbocycles. The summed E-state index contributed by atoms with van der Waals surface area (Å²) in [4.78, 5) is 12.3. The summed E-state index contributed by atoms with van der Waals surface area (Å²) < 4.78 is 0. The predicted octanol–water partition coefficient (Wildman–Crippen LogP) is 2.71. The van der Waals surface area contributed by atoms with Crippen molar-refractivity contribution >= 4 is 22.4 Å². The van der Waals surface area contributed by atoms with Gasteiger partial charge in [0.2, 0.25) is 0 Å². The highest BCUT2D eigenvalue weighted by Gasteiger charge is 2.09. The number of fused-ring (bicyclic) bond motifs is 1. The minimum Gasteiger partial charge on any atom is -0.337 e. The van der Waals surface area contributed by atoms with Crippen molar-refractivity contribution in [3.8, 4) is 11.5 Å². The Morgan fingerprint density at radius 3 is 2.94 bits per heavy atom. The summed E-state index contributed by atoms with van der Waals surface area (Å²) in [6.45, 7) is 2.62. The number of nitrogens with two attached hydrogens (primary N) is 1. The fraction of sp³-hybridized carbons (Fsp3) is 0.231. The van der Waals surface area contributed by atoms with Crippen molar-refractivity contribution in [2.45, 2.75) is 19.9 Å². The SMILES string of the molecule is CCc1ccc2nc(-c3csc(CN)n3)[nH]c2c1. The molecule has 1 aromatic carbocycles. The van der Waals surface area contributed by atoms with E-state index < -0.39 is 0 Å². The molecule has 0 amide bonds. The second-order valence-electron chi connectivity index (χ2n) is 4.12. The Morgan fingerprint density at radius 1 is 1.33 bits per heavy atom. The molecule has 0 saturated carbocycles. The second kappa shape index (κ2) is 4.51. The number of rotatable bonds is 3. The third kappa shape index (κ3) is 1.91. The van der Waals surface area contributed by atoms with Gasteiger partial charge in [-0.15, -0.1) is 11.3 Å². The summed E-state index contributed by atoms with van der Waals surface area (Å²) >= 11 is 1.57. The van der Waals surface area contributed by atoms with Gasteiger partial charge in [-0.25, -0.2) is 9.97 Å². The molecule has 2 heterocycles. The second-order valence-corrected chi connectivity index (χ2v) is 5.06. The first kappa shape index (κ1) is 11.4. The van der Waals surface area contributed by atoms with Crippen molar-refractivity contribution < 1.29 is 0 Å². The zero-order valence-electron chi connectivity index (χ0n) is 10.1. The summed E-state index contributed by atoms with van der Waals surface area (Å²) in [5, 5.41) is 2.92. The van der Waals surface area contributed by atoms with Gasteiger partial charge in [0.1, 0.15) is 10.7 Å². The van der Waals surface area contributed by atoms with Crippen LogP contribution in [-0.2, 0) is 13.0 Å². The van der Waals surface area contributed by atoms with Gasteiger partial charge in [-0.05, 0) is 24.1 Å². The molecule has 3 N–H and O–H groups in total. The van der Waals surface area contributed by atoms with Crippen LogP contribution in [0.3, 0.4) is 0 Å². The molecular formula is C13H14N4S. The van der Waals surface area contributed by atoms with Crippen molar-refractivity contribution in [1.29, 1.82) is 0 Å². The van der Waals surface area contributed by atoms with Gasteiger partial charge in [0.05, 0.1) is 11.0 Å². The summed E-state index contributed by atoms with van der Waals surface area (Å²) in [6.07, 6.45) is 1.03. The van der Waals surface area contributed by atoms with Crippen LogP contribution < -0.4 is 5.73 Å². The molecule has 18 heavy (non-hydrogen) atoms. The molecule has 0 atom stereocenters. The van der Waals surface area contributed by atoms with Crippen LogP contribution in [0.15, 0.2) is 23.6 Å². The average Bonchev–Trinajstić information content (AvgIpc) is 3.03. The minimum atomic E-state index is 0.477. The lowest BCUT2D eigenvalue weighted by Gasteiger charge is -1.93. The highest BCUT2D eigenvalue weighted by molar-refractivity contribution is 7.09. The number of hydrogen-bond donors (Lipinski definition) is 2. The largest absolute Gasteiger partial charge is 0.337 e. The third-order valence-corrected chi connectivity index (χ3v) is 3.79. The number of nitrogens with one attached hydrogen (secondary N) is 1. The normalized spacial score (nSPS) is 11.2. The van der Waals surface area contributed by atoms with Crippen molar-refractivity contribution in [2.75, 3.05) is 0 Å². The molecule has 3 rings (SSSR count). The Balaban J connectivity index is 2.07. The lowest BCUT2D eigenvalue weighted by atomic mass is 10.1. The molecule has 92 valence electrons. The molecule has 4 nitrogen and oxygen atoms in total. The van der Waals surface area contributed by atoms with Gasteiger partial charge < -0.3 is 10.7 Å². The van der Waals surface area contributed by atoms with Crippen molar-refractivity contribution in [3.05, 3.63) is 34.2 Å². The van der Waals surface area contributed by atoms with E-state index in [1.165, 1.54) is 5.56 Å². The van der Waals surface area contributed by atoms with Gasteiger partial charge in [-0.1, -0.05) is 13.0 Å². The van der Waals surface area contributed by atoms with Crippen LogP contribution in [0.2, 0.25) is 0 Å². The Bertz CT molecular complexity index is 683. The Morgan fingerprint density at radius 2 is 2.22 bits per heavy atom. The van der Waals surface area contributed by atoms with E-state index in [9.17, 15) is 0 Å². The molecule has 0 saturated heterocycles. The Labute approximate surface area is 109 Å². The maximum absolute atomic E-state index is 5.57. The molecule has 0 radical (unpaired) electrons. The summed E-state index contributed by atoms with van der Waals surface area (Å²) in [7, 11) is 0. The van der Waals surface area contributed by atoms with Gasteiger partial charge in [0.25, 0.3) is 0 Å². The van der Waals surface area contributed by atoms with Gasteiger partial charge >= 0.3 is 0 Å². The van der Waals surface area contributed by atoms with Crippen LogP contribution in [-0.4, -0.2) is 15.0 Å². The number of thiazole rings is 1. The van der Waals surface area contributed by atoms with E-state index in [0.717, 1.165) is 34.0 Å². The first-order valence-electron chi connectivity index (χ1n) is 5.93. The summed E-state index contributed by atoms with van der Waals surface area (Å²) in [5.74, 6) is 0.814. The van der Waals surface area contributed by atoms with Crippen LogP contribution in [0.4, 0.5) is 0 Å². The van der Waals surface area contributed by atoms with E-state index in [1.807, 2.05) is 11.4 Å². The average molecular weight is 258 g/mol. The first-order chi connectivity index (χ1) is 8.80. The molecular weight excluding hydrogens is 244 g/mol. The Hall–Kier alpha value is -1.72. The van der Waals surface area contributed by atoms with E-state index in [0.29, 0.717) is 6.54 Å². The number of benzene rings is 1. The van der Waals surface area contributed by atoms with E-state index >= 15 is 0 Å². The first-order valence-corrected chi connectivity index (χ1v) is 6.81. The quantitative estimate of drug-likeness (QED) is 0.759. The number of aromatic amines is 1. The van der Waals surface area contributed by atoms with Crippen LogP contribution in [0.1, 0.15) is 17.5 Å². The summed E-state index contributed by atoms with van der Waals surface area (Å²) in [5.41, 5.74) is 9.78. The topological polar surface area (TPSA) is 67.6 Å². The fourth-order valence-corrected chi connectivity index (χ4v) is 2.57. The lowest BCUT2D eigenvalue weighted by Crippen LogP contribution is -1.94. The van der Waals surface area contributed by atoms with E-state index in [2.05, 4.69) is 34.0 Å². The molecule has 0 bridgehead atoms. The number of nitrogens with zero attached hydrogens (tertiary/aromatic N) is 2. The van der Waals surface area contributed by atoms with E-state index in [4.69, 9.17) is 5.73 Å². The minimum absolute atomic E-state index is 0.477. The van der Waals surface area contributed by atoms with Gasteiger partial charge in [0.15, 0.2) is 5.82 Å². The number of hydrogen-bond acceptors (Lipinski definition) is 4. The lowest BCUT2D eigenvalue weighted by molar-refractivity contribution is 1.04. The van der Waals surface area contributed by atoms with Crippen LogP contribution >= 0.6 is 11.3 Å². The molecule has 0 aliphatic rings. The van der Waals surface area contributed by atoms with Crippen molar-refractivity contribution in [3.63, 3.8) is 0 Å². The number of aromatic nitrogens is 3. The highest BCUT2D eigenvalue weighted by atomic mass is 32.1. The number of aryl methyl sites for hydroxylation is 1. The monoisotopic (exact) mass is 258 g/mol. The van der Waals surface area contributed by atoms with Crippen molar-refractivity contribution in [1.82, 2.24) is 15.0 Å². The van der Waals surface area contributed by atoms with Crippen molar-refractivity contribution in [2.24, 2.45) is 5.73 Å². The zero-order valence-corrected chi connectivity index (χ0v) is 10.9. The predicted molar refractivity (Wildman–Crippen MR) is 74.5 cm³/mol. The van der Waals surface area contributed by atoms with Gasteiger partial charge in [-0.2, -0.15) is 0 Å². The number of imidazole rings is 1. The molecule has 3 aromatic rings. The molecule has 0 unspecified atom stereocenters. The molecule has 0 fully saturated rings. The highest BCUT2D eigenvalue weighted by Crippen LogP contribution is 2.23. The molecule has 0 spiro atoms. The smallest absolute Gasteiger partial charge is 0.158 e. The zero-order chi connectivity index (χ0) is 12.5.